The van der Waals surface area contributed by atoms with Crippen LogP contribution in [0.15, 0.2) is 60.7 Å². The molecule has 0 saturated carbocycles. The Morgan fingerprint density at radius 2 is 0.941 bits per heavy atom. The van der Waals surface area contributed by atoms with Gasteiger partial charge >= 0.3 is 0 Å². The molecule has 0 spiro atoms. The van der Waals surface area contributed by atoms with E-state index in [0.29, 0.717) is 0 Å². The molecule has 0 amide bonds. The van der Waals surface area contributed by atoms with Crippen LogP contribution in [0, 0.1) is 11.8 Å². The van der Waals surface area contributed by atoms with Crippen LogP contribution >= 0.6 is 11.8 Å². The fraction of sp³-hybridized carbons (Fsp3) is 0.125. The quantitative estimate of drug-likeness (QED) is 0.626. The molecule has 86 valence electrons. The molecule has 0 radical (unpaired) electrons. The van der Waals surface area contributed by atoms with Crippen LogP contribution in [0.4, 0.5) is 0 Å². The predicted octanol–water partition coefficient (Wildman–Crippen LogP) is 4.07. The first-order valence-corrected chi connectivity index (χ1v) is 7.02. The second-order valence-corrected chi connectivity index (χ2v) is 4.21. The Labute approximate surface area is 108 Å². The van der Waals surface area contributed by atoms with E-state index < -0.39 is 0 Å². The number of rotatable bonds is 0. The van der Waals surface area contributed by atoms with E-state index in [1.54, 1.807) is 11.8 Å². The van der Waals surface area contributed by atoms with Crippen molar-refractivity contribution in [2.75, 3.05) is 12.5 Å². The second kappa shape index (κ2) is 8.50. The molecule has 2 aromatic carbocycles. The van der Waals surface area contributed by atoms with Crippen molar-refractivity contribution in [3.05, 3.63) is 71.8 Å². The van der Waals surface area contributed by atoms with Crippen LogP contribution < -0.4 is 0 Å². The van der Waals surface area contributed by atoms with E-state index >= 15 is 0 Å². The molecule has 0 aliphatic carbocycles. The highest BCUT2D eigenvalue weighted by atomic mass is 32.2. The Morgan fingerprint density at radius 1 is 0.647 bits per heavy atom. The number of benzene rings is 2. The number of hydrogen-bond donors (Lipinski definition) is 0. The highest BCUT2D eigenvalue weighted by molar-refractivity contribution is 7.97. The molecule has 0 N–H and O–H groups in total. The van der Waals surface area contributed by atoms with Crippen LogP contribution in [-0.2, 0) is 0 Å². The summed E-state index contributed by atoms with van der Waals surface area (Å²) in [6.07, 6.45) is 4.08. The first kappa shape index (κ1) is 13.4. The maximum absolute atomic E-state index is 3.11. The monoisotopic (exact) mass is 240 g/mol. The van der Waals surface area contributed by atoms with Gasteiger partial charge in [0.05, 0.1) is 0 Å². The summed E-state index contributed by atoms with van der Waals surface area (Å²) in [6, 6.07) is 20.0. The molecule has 0 unspecified atom stereocenters. The lowest BCUT2D eigenvalue weighted by Gasteiger charge is -1.88. The lowest BCUT2D eigenvalue weighted by molar-refractivity contribution is 1.62. The molecule has 2 aromatic rings. The minimum absolute atomic E-state index is 1.05. The molecule has 0 atom stereocenters. The highest BCUT2D eigenvalue weighted by Gasteiger charge is 1.83. The fourth-order valence-corrected chi connectivity index (χ4v) is 1.19. The zero-order valence-corrected chi connectivity index (χ0v) is 11.0. The lowest BCUT2D eigenvalue weighted by Crippen LogP contribution is -1.73. The summed E-state index contributed by atoms with van der Waals surface area (Å²) >= 11 is 1.75. The van der Waals surface area contributed by atoms with Crippen LogP contribution in [0.5, 0.6) is 0 Å². The fourth-order valence-electron chi connectivity index (χ4n) is 1.19. The average Bonchev–Trinajstić information content (AvgIpc) is 2.40. The predicted molar refractivity (Wildman–Crippen MR) is 78.3 cm³/mol. The second-order valence-electron chi connectivity index (χ2n) is 3.39. The molecule has 0 heterocycles. The topological polar surface area (TPSA) is 0 Å². The molecule has 0 fully saturated rings. The molecular formula is C16H16S. The highest BCUT2D eigenvalue weighted by Crippen LogP contribution is 1.98. The van der Waals surface area contributed by atoms with Crippen molar-refractivity contribution < 1.29 is 0 Å². The van der Waals surface area contributed by atoms with E-state index in [0.717, 1.165) is 11.1 Å². The molecule has 2 rings (SSSR count). The molecular weight excluding hydrogens is 224 g/mol. The van der Waals surface area contributed by atoms with Crippen LogP contribution in [0.25, 0.3) is 0 Å². The summed E-state index contributed by atoms with van der Waals surface area (Å²) in [5.74, 6) is 6.22. The van der Waals surface area contributed by atoms with Gasteiger partial charge in [-0.3, -0.25) is 0 Å². The van der Waals surface area contributed by atoms with Gasteiger partial charge in [-0.1, -0.05) is 48.2 Å². The average molecular weight is 240 g/mol. The Kier molecular flexibility index (Phi) is 6.70. The summed E-state index contributed by atoms with van der Waals surface area (Å²) in [5, 5.41) is 0. The van der Waals surface area contributed by atoms with Crippen molar-refractivity contribution in [2.24, 2.45) is 0 Å². The largest absolute Gasteiger partial charge is 0.169 e. The first-order valence-electron chi connectivity index (χ1n) is 5.39. The molecule has 0 nitrogen and oxygen atoms in total. The van der Waals surface area contributed by atoms with E-state index in [9.17, 15) is 0 Å². The van der Waals surface area contributed by atoms with Crippen LogP contribution in [0.1, 0.15) is 11.1 Å². The van der Waals surface area contributed by atoms with Crippen molar-refractivity contribution >= 4 is 11.8 Å². The van der Waals surface area contributed by atoms with Gasteiger partial charge in [-0.2, -0.15) is 11.8 Å². The standard InChI is InChI=1S/C14H10.C2H6S/c1-3-7-13(8-4-1)11-12-14-9-5-2-6-10-14;1-3-2/h1-10H;1-2H3. The summed E-state index contributed by atoms with van der Waals surface area (Å²) in [4.78, 5) is 0. The Morgan fingerprint density at radius 3 is 1.24 bits per heavy atom. The maximum atomic E-state index is 3.11. The third kappa shape index (κ3) is 5.85. The summed E-state index contributed by atoms with van der Waals surface area (Å²) in [6.45, 7) is 0. The molecule has 0 aromatic heterocycles. The van der Waals surface area contributed by atoms with Crippen molar-refractivity contribution in [1.29, 1.82) is 0 Å². The number of thioether (sulfide) groups is 1. The van der Waals surface area contributed by atoms with E-state index in [4.69, 9.17) is 0 Å². The summed E-state index contributed by atoms with van der Waals surface area (Å²) < 4.78 is 0. The van der Waals surface area contributed by atoms with Gasteiger partial charge in [0, 0.05) is 11.1 Å². The zero-order valence-electron chi connectivity index (χ0n) is 10.2. The van der Waals surface area contributed by atoms with Gasteiger partial charge in [0.25, 0.3) is 0 Å². The Hall–Kier alpha value is -1.65. The first-order chi connectivity index (χ1) is 8.36. The minimum atomic E-state index is 1.05. The molecule has 1 heteroatoms. The normalized spacial score (nSPS) is 8.35. The van der Waals surface area contributed by atoms with Crippen molar-refractivity contribution in [3.63, 3.8) is 0 Å². The van der Waals surface area contributed by atoms with E-state index in [1.807, 2.05) is 73.2 Å². The molecule has 17 heavy (non-hydrogen) atoms. The van der Waals surface area contributed by atoms with Crippen LogP contribution in [0.3, 0.4) is 0 Å². The van der Waals surface area contributed by atoms with Crippen molar-refractivity contribution in [3.8, 4) is 11.8 Å². The zero-order chi connectivity index (χ0) is 12.3. The SMILES string of the molecule is C(#Cc1ccccc1)c1ccccc1.CSC. The van der Waals surface area contributed by atoms with Gasteiger partial charge in [-0.25, -0.2) is 0 Å². The molecule has 0 aliphatic heterocycles. The summed E-state index contributed by atoms with van der Waals surface area (Å²) in [5.41, 5.74) is 2.10. The number of hydrogen-bond acceptors (Lipinski definition) is 1. The van der Waals surface area contributed by atoms with E-state index in [1.165, 1.54) is 0 Å². The van der Waals surface area contributed by atoms with Gasteiger partial charge in [0.2, 0.25) is 0 Å². The molecule has 0 bridgehead atoms. The Bertz CT molecular complexity index is 420. The third-order valence-corrected chi connectivity index (χ3v) is 1.90. The van der Waals surface area contributed by atoms with E-state index in [2.05, 4.69) is 11.8 Å². The smallest absolute Gasteiger partial charge is 0.0249 e. The van der Waals surface area contributed by atoms with Crippen molar-refractivity contribution in [1.82, 2.24) is 0 Å². The van der Waals surface area contributed by atoms with Gasteiger partial charge in [0.1, 0.15) is 0 Å². The van der Waals surface area contributed by atoms with Gasteiger partial charge in [-0.05, 0) is 36.8 Å². The maximum Gasteiger partial charge on any atom is 0.0249 e. The van der Waals surface area contributed by atoms with Crippen LogP contribution in [-0.4, -0.2) is 12.5 Å². The van der Waals surface area contributed by atoms with Gasteiger partial charge in [-0.15, -0.1) is 0 Å². The van der Waals surface area contributed by atoms with E-state index in [-0.39, 0.29) is 0 Å². The molecule has 0 aliphatic rings. The van der Waals surface area contributed by atoms with Gasteiger partial charge in [0.15, 0.2) is 0 Å². The Balaban J connectivity index is 0.000000437. The third-order valence-electron chi connectivity index (χ3n) is 1.90. The van der Waals surface area contributed by atoms with Gasteiger partial charge < -0.3 is 0 Å². The lowest BCUT2D eigenvalue weighted by atomic mass is 10.2. The van der Waals surface area contributed by atoms with Crippen LogP contribution in [0.2, 0.25) is 0 Å². The summed E-state index contributed by atoms with van der Waals surface area (Å²) in [7, 11) is 0. The molecule has 0 saturated heterocycles. The minimum Gasteiger partial charge on any atom is -0.169 e. The van der Waals surface area contributed by atoms with Crippen molar-refractivity contribution in [2.45, 2.75) is 0 Å².